The molecule has 1 unspecified atom stereocenters. The second kappa shape index (κ2) is 4.18. The van der Waals surface area contributed by atoms with E-state index in [1.165, 1.54) is 0 Å². The molecule has 1 aliphatic rings. The first-order valence-electron chi connectivity index (χ1n) is 5.45. The Bertz CT molecular complexity index is 317. The summed E-state index contributed by atoms with van der Waals surface area (Å²) in [7, 11) is 2.01. The van der Waals surface area contributed by atoms with Crippen LogP contribution in [0.4, 0.5) is 6.01 Å². The Balaban J connectivity index is 2.07. The van der Waals surface area contributed by atoms with Crippen LogP contribution in [0.3, 0.4) is 0 Å². The lowest BCUT2D eigenvalue weighted by Crippen LogP contribution is -2.33. The van der Waals surface area contributed by atoms with Crippen molar-refractivity contribution in [2.45, 2.75) is 32.2 Å². The molecule has 2 heterocycles. The fraction of sp³-hybridized carbons (Fsp3) is 0.800. The Morgan fingerprint density at radius 2 is 2.33 bits per heavy atom. The second-order valence-electron chi connectivity index (χ2n) is 4.35. The molecule has 0 saturated carbocycles. The van der Waals surface area contributed by atoms with Crippen LogP contribution < -0.4 is 10.2 Å². The van der Waals surface area contributed by atoms with E-state index in [9.17, 15) is 0 Å². The predicted molar refractivity (Wildman–Crippen MR) is 58.1 cm³/mol. The highest BCUT2D eigenvalue weighted by Crippen LogP contribution is 2.18. The minimum Gasteiger partial charge on any atom is -0.323 e. The number of anilines is 1. The lowest BCUT2D eigenvalue weighted by molar-refractivity contribution is 0.400. The van der Waals surface area contributed by atoms with E-state index < -0.39 is 0 Å². The molecule has 1 fully saturated rings. The van der Waals surface area contributed by atoms with Crippen molar-refractivity contribution in [3.63, 3.8) is 0 Å². The van der Waals surface area contributed by atoms with Gasteiger partial charge in [0.2, 0.25) is 0 Å². The highest BCUT2D eigenvalue weighted by Gasteiger charge is 2.23. The van der Waals surface area contributed by atoms with Crippen LogP contribution in [0.25, 0.3) is 0 Å². The zero-order chi connectivity index (χ0) is 10.8. The van der Waals surface area contributed by atoms with Gasteiger partial charge in [-0.15, -0.1) is 0 Å². The summed E-state index contributed by atoms with van der Waals surface area (Å²) in [4.78, 5) is 6.44. The quantitative estimate of drug-likeness (QED) is 0.806. The molecule has 0 aliphatic carbocycles. The molecule has 0 radical (unpaired) electrons. The minimum absolute atomic E-state index is 0.317. The van der Waals surface area contributed by atoms with Crippen molar-refractivity contribution in [1.29, 1.82) is 0 Å². The Labute approximate surface area is 89.8 Å². The first kappa shape index (κ1) is 10.4. The first-order valence-corrected chi connectivity index (χ1v) is 5.45. The maximum Gasteiger partial charge on any atom is 0.324 e. The molecule has 1 aromatic heterocycles. The molecule has 0 amide bonds. The SMILES string of the molecule is CC(C)c1noc(N(C)C2CCNC2)n1. The van der Waals surface area contributed by atoms with E-state index in [2.05, 4.69) is 34.2 Å². The van der Waals surface area contributed by atoms with Crippen LogP contribution in [0.2, 0.25) is 0 Å². The molecule has 1 atom stereocenters. The van der Waals surface area contributed by atoms with Crippen molar-refractivity contribution in [3.05, 3.63) is 5.82 Å². The topological polar surface area (TPSA) is 54.2 Å². The lowest BCUT2D eigenvalue weighted by atomic mass is 10.2. The average Bonchev–Trinajstić information content (AvgIpc) is 2.88. The van der Waals surface area contributed by atoms with Gasteiger partial charge in [-0.05, 0) is 13.0 Å². The van der Waals surface area contributed by atoms with Crippen LogP contribution >= 0.6 is 0 Å². The summed E-state index contributed by atoms with van der Waals surface area (Å²) in [5, 5.41) is 7.28. The van der Waals surface area contributed by atoms with Crippen LogP contribution in [0.1, 0.15) is 32.0 Å². The zero-order valence-corrected chi connectivity index (χ0v) is 9.53. The summed E-state index contributed by atoms with van der Waals surface area (Å²) < 4.78 is 5.24. The standard InChI is InChI=1S/C10H18N4O/c1-7(2)9-12-10(15-13-9)14(3)8-4-5-11-6-8/h7-8,11H,4-6H2,1-3H3. The van der Waals surface area contributed by atoms with Crippen LogP contribution in [0, 0.1) is 0 Å². The normalized spacial score (nSPS) is 21.2. The molecular weight excluding hydrogens is 192 g/mol. The van der Waals surface area contributed by atoms with Crippen LogP contribution in [0.15, 0.2) is 4.52 Å². The summed E-state index contributed by atoms with van der Waals surface area (Å²) in [5.41, 5.74) is 0. The van der Waals surface area contributed by atoms with E-state index in [4.69, 9.17) is 4.52 Å². The van der Waals surface area contributed by atoms with E-state index in [0.717, 1.165) is 25.3 Å². The lowest BCUT2D eigenvalue weighted by Gasteiger charge is -2.20. The van der Waals surface area contributed by atoms with Gasteiger partial charge in [0.05, 0.1) is 0 Å². The van der Waals surface area contributed by atoms with Crippen LogP contribution in [0.5, 0.6) is 0 Å². The molecule has 1 aliphatic heterocycles. The largest absolute Gasteiger partial charge is 0.324 e. The minimum atomic E-state index is 0.317. The number of likely N-dealkylation sites (N-methyl/N-ethyl adjacent to an activating group) is 1. The highest BCUT2D eigenvalue weighted by molar-refractivity contribution is 5.26. The predicted octanol–water partition coefficient (Wildman–Crippen LogP) is 0.991. The van der Waals surface area contributed by atoms with E-state index >= 15 is 0 Å². The van der Waals surface area contributed by atoms with E-state index in [1.807, 2.05) is 7.05 Å². The van der Waals surface area contributed by atoms with Gasteiger partial charge in [0.15, 0.2) is 5.82 Å². The van der Waals surface area contributed by atoms with Gasteiger partial charge >= 0.3 is 6.01 Å². The first-order chi connectivity index (χ1) is 7.18. The van der Waals surface area contributed by atoms with Crippen molar-refractivity contribution in [1.82, 2.24) is 15.5 Å². The van der Waals surface area contributed by atoms with Crippen molar-refractivity contribution < 1.29 is 4.52 Å². The second-order valence-corrected chi connectivity index (χ2v) is 4.35. The Hall–Kier alpha value is -1.10. The molecule has 1 aromatic rings. The molecule has 1 saturated heterocycles. The fourth-order valence-corrected chi connectivity index (χ4v) is 1.73. The molecule has 1 N–H and O–H groups in total. The van der Waals surface area contributed by atoms with Crippen molar-refractivity contribution in [2.24, 2.45) is 0 Å². The van der Waals surface area contributed by atoms with Gasteiger partial charge in [0, 0.05) is 25.6 Å². The van der Waals surface area contributed by atoms with Gasteiger partial charge in [0.25, 0.3) is 0 Å². The van der Waals surface area contributed by atoms with Gasteiger partial charge in [-0.3, -0.25) is 0 Å². The molecule has 15 heavy (non-hydrogen) atoms. The monoisotopic (exact) mass is 210 g/mol. The van der Waals surface area contributed by atoms with Crippen molar-refractivity contribution in [2.75, 3.05) is 25.0 Å². The third kappa shape index (κ3) is 2.12. The number of rotatable bonds is 3. The highest BCUT2D eigenvalue weighted by atomic mass is 16.5. The summed E-state index contributed by atoms with van der Waals surface area (Å²) in [6, 6.07) is 1.11. The van der Waals surface area contributed by atoms with E-state index in [0.29, 0.717) is 18.0 Å². The maximum absolute atomic E-state index is 5.24. The van der Waals surface area contributed by atoms with Crippen LogP contribution in [-0.4, -0.2) is 36.3 Å². The van der Waals surface area contributed by atoms with Gasteiger partial charge in [-0.1, -0.05) is 19.0 Å². The number of aromatic nitrogens is 2. The Morgan fingerprint density at radius 1 is 1.53 bits per heavy atom. The molecular formula is C10H18N4O. The van der Waals surface area contributed by atoms with E-state index in [1.54, 1.807) is 0 Å². The Kier molecular flexibility index (Phi) is 2.90. The Morgan fingerprint density at radius 3 is 2.87 bits per heavy atom. The third-order valence-electron chi connectivity index (χ3n) is 2.83. The van der Waals surface area contributed by atoms with E-state index in [-0.39, 0.29) is 0 Å². The smallest absolute Gasteiger partial charge is 0.323 e. The maximum atomic E-state index is 5.24. The number of hydrogen-bond donors (Lipinski definition) is 1. The number of nitrogens with one attached hydrogen (secondary N) is 1. The summed E-state index contributed by atoms with van der Waals surface area (Å²) >= 11 is 0. The summed E-state index contributed by atoms with van der Waals surface area (Å²) in [5.74, 6) is 1.10. The van der Waals surface area contributed by atoms with Crippen molar-refractivity contribution in [3.8, 4) is 0 Å². The molecule has 84 valence electrons. The van der Waals surface area contributed by atoms with Gasteiger partial charge in [-0.2, -0.15) is 4.98 Å². The molecule has 0 spiro atoms. The summed E-state index contributed by atoms with van der Waals surface area (Å²) in [6.07, 6.45) is 1.13. The molecule has 0 aromatic carbocycles. The molecule has 5 nitrogen and oxygen atoms in total. The molecule has 0 bridgehead atoms. The summed E-state index contributed by atoms with van der Waals surface area (Å²) in [6.45, 7) is 6.19. The van der Waals surface area contributed by atoms with Crippen LogP contribution in [-0.2, 0) is 0 Å². The third-order valence-corrected chi connectivity index (χ3v) is 2.83. The average molecular weight is 210 g/mol. The number of nitrogens with zero attached hydrogens (tertiary/aromatic N) is 3. The number of hydrogen-bond acceptors (Lipinski definition) is 5. The van der Waals surface area contributed by atoms with Crippen molar-refractivity contribution >= 4 is 6.01 Å². The van der Waals surface area contributed by atoms with Gasteiger partial charge in [0.1, 0.15) is 0 Å². The fourth-order valence-electron chi connectivity index (χ4n) is 1.73. The molecule has 5 heteroatoms. The van der Waals surface area contributed by atoms with Gasteiger partial charge < -0.3 is 14.7 Å². The zero-order valence-electron chi connectivity index (χ0n) is 9.53. The van der Waals surface area contributed by atoms with Gasteiger partial charge in [-0.25, -0.2) is 0 Å². The molecule has 2 rings (SSSR count).